The Morgan fingerprint density at radius 2 is 2.11 bits per heavy atom. The number of fused-ring (bicyclic) bond motifs is 1. The van der Waals surface area contributed by atoms with Crippen molar-refractivity contribution in [3.63, 3.8) is 0 Å². The molecular formula is C15H15ClNO2+. The van der Waals surface area contributed by atoms with Gasteiger partial charge in [0.25, 0.3) is 0 Å². The summed E-state index contributed by atoms with van der Waals surface area (Å²) in [6, 6.07) is 1.71. The summed E-state index contributed by atoms with van der Waals surface area (Å²) in [6.07, 6.45) is 5.82. The largest absolute Gasteiger partial charge is 0.428 e. The molecule has 98 valence electrons. The third-order valence-corrected chi connectivity index (χ3v) is 4.40. The number of carbonyl (C=O) groups excluding carboxylic acids is 2. The second-order valence-electron chi connectivity index (χ2n) is 5.35. The molecule has 0 amide bonds. The molecule has 1 atom stereocenters. The SMILES string of the molecule is CC(=O)C1=CC(C2CC2)c2c(C)c(Cl)cc[n+]2C1=O. The first-order chi connectivity index (χ1) is 9.00. The van der Waals surface area contributed by atoms with Gasteiger partial charge in [0, 0.05) is 11.6 Å². The van der Waals surface area contributed by atoms with E-state index >= 15 is 0 Å². The summed E-state index contributed by atoms with van der Waals surface area (Å²) in [6.45, 7) is 3.38. The quantitative estimate of drug-likeness (QED) is 0.615. The molecule has 0 spiro atoms. The minimum absolute atomic E-state index is 0.135. The summed E-state index contributed by atoms with van der Waals surface area (Å²) in [5.74, 6) is 0.265. The van der Waals surface area contributed by atoms with Crippen LogP contribution in [0.4, 0.5) is 0 Å². The fourth-order valence-corrected chi connectivity index (χ4v) is 2.93. The average molecular weight is 277 g/mol. The zero-order chi connectivity index (χ0) is 13.7. The standard InChI is InChI=1S/C15H15ClNO2/c1-8-13(16)5-6-17-14(8)12(10-3-4-10)7-11(9(2)18)15(17)19/h5-7,10,12H,3-4H2,1-2H3/q+1. The molecule has 2 aliphatic rings. The second kappa shape index (κ2) is 4.27. The van der Waals surface area contributed by atoms with Crippen LogP contribution in [-0.2, 0) is 4.79 Å². The lowest BCUT2D eigenvalue weighted by Crippen LogP contribution is -2.51. The number of hydrogen-bond donors (Lipinski definition) is 0. The van der Waals surface area contributed by atoms with Gasteiger partial charge in [-0.15, -0.1) is 4.57 Å². The number of nitrogens with zero attached hydrogens (tertiary/aromatic N) is 1. The summed E-state index contributed by atoms with van der Waals surface area (Å²) in [7, 11) is 0. The highest BCUT2D eigenvalue weighted by Crippen LogP contribution is 2.45. The van der Waals surface area contributed by atoms with E-state index in [-0.39, 0.29) is 17.6 Å². The number of Topliss-reactive ketones (excluding diaryl/α,β-unsaturated/α-hetero) is 1. The number of aromatic nitrogens is 1. The summed E-state index contributed by atoms with van der Waals surface area (Å²) in [5, 5.41) is 0.671. The molecule has 19 heavy (non-hydrogen) atoms. The van der Waals surface area contributed by atoms with Gasteiger partial charge in [0.15, 0.2) is 12.0 Å². The molecule has 1 fully saturated rings. The van der Waals surface area contributed by atoms with Crippen molar-refractivity contribution in [1.82, 2.24) is 0 Å². The van der Waals surface area contributed by atoms with Crippen LogP contribution in [-0.4, -0.2) is 11.7 Å². The van der Waals surface area contributed by atoms with Crippen molar-refractivity contribution >= 4 is 23.3 Å². The zero-order valence-electron chi connectivity index (χ0n) is 10.9. The van der Waals surface area contributed by atoms with E-state index in [2.05, 4.69) is 0 Å². The third kappa shape index (κ3) is 1.93. The first-order valence-electron chi connectivity index (χ1n) is 6.49. The lowest BCUT2D eigenvalue weighted by atomic mass is 9.88. The maximum Gasteiger partial charge on any atom is 0.428 e. The number of hydrogen-bond acceptors (Lipinski definition) is 2. The molecule has 0 saturated heterocycles. The van der Waals surface area contributed by atoms with Gasteiger partial charge in [-0.2, -0.15) is 0 Å². The van der Waals surface area contributed by atoms with Crippen LogP contribution in [0.1, 0.15) is 41.7 Å². The predicted octanol–water partition coefficient (Wildman–Crippen LogP) is 2.60. The minimum atomic E-state index is -0.237. The zero-order valence-corrected chi connectivity index (χ0v) is 11.7. The molecule has 4 heteroatoms. The number of ketones is 1. The first kappa shape index (κ1) is 12.5. The van der Waals surface area contributed by atoms with Gasteiger partial charge in [-0.05, 0) is 38.7 Å². The number of carbonyl (C=O) groups is 2. The molecule has 2 heterocycles. The smallest absolute Gasteiger partial charge is 0.294 e. The van der Waals surface area contributed by atoms with Gasteiger partial charge >= 0.3 is 5.91 Å². The van der Waals surface area contributed by atoms with Gasteiger partial charge in [-0.3, -0.25) is 4.79 Å². The van der Waals surface area contributed by atoms with E-state index < -0.39 is 0 Å². The highest BCUT2D eigenvalue weighted by Gasteiger charge is 2.44. The van der Waals surface area contributed by atoms with E-state index in [0.29, 0.717) is 16.5 Å². The summed E-state index contributed by atoms with van der Waals surface area (Å²) < 4.78 is 1.60. The van der Waals surface area contributed by atoms with Gasteiger partial charge in [-0.1, -0.05) is 11.6 Å². The van der Waals surface area contributed by atoms with Crippen LogP contribution < -0.4 is 4.57 Å². The molecule has 1 aliphatic heterocycles. The summed E-state index contributed by atoms with van der Waals surface area (Å²) in [4.78, 5) is 24.0. The Balaban J connectivity index is 2.22. The van der Waals surface area contributed by atoms with E-state index in [1.165, 1.54) is 6.92 Å². The van der Waals surface area contributed by atoms with Crippen molar-refractivity contribution in [2.24, 2.45) is 5.92 Å². The van der Waals surface area contributed by atoms with E-state index in [1.54, 1.807) is 16.8 Å². The predicted molar refractivity (Wildman–Crippen MR) is 71.2 cm³/mol. The Hall–Kier alpha value is -1.48. The van der Waals surface area contributed by atoms with Crippen molar-refractivity contribution in [2.45, 2.75) is 32.6 Å². The average Bonchev–Trinajstić information content (AvgIpc) is 3.18. The van der Waals surface area contributed by atoms with Crippen LogP contribution in [0.25, 0.3) is 0 Å². The van der Waals surface area contributed by atoms with Crippen LogP contribution in [0, 0.1) is 12.8 Å². The fraction of sp³-hybridized carbons (Fsp3) is 0.400. The highest BCUT2D eigenvalue weighted by molar-refractivity contribution is 6.31. The molecule has 1 aliphatic carbocycles. The normalized spacial score (nSPS) is 21.9. The van der Waals surface area contributed by atoms with Crippen molar-refractivity contribution < 1.29 is 14.2 Å². The van der Waals surface area contributed by atoms with Crippen LogP contribution in [0.3, 0.4) is 0 Å². The molecule has 1 aromatic rings. The van der Waals surface area contributed by atoms with Gasteiger partial charge in [0.05, 0.1) is 10.9 Å². The molecule has 1 unspecified atom stereocenters. The molecule has 3 rings (SSSR count). The third-order valence-electron chi connectivity index (χ3n) is 3.99. The Morgan fingerprint density at radius 3 is 2.68 bits per heavy atom. The lowest BCUT2D eigenvalue weighted by molar-refractivity contribution is -0.582. The molecule has 3 nitrogen and oxygen atoms in total. The van der Waals surface area contributed by atoms with Gasteiger partial charge in [0.2, 0.25) is 5.69 Å². The molecule has 0 bridgehead atoms. The summed E-state index contributed by atoms with van der Waals surface area (Å²) >= 11 is 6.17. The maximum absolute atomic E-state index is 12.3. The van der Waals surface area contributed by atoms with E-state index in [0.717, 1.165) is 24.1 Å². The van der Waals surface area contributed by atoms with Crippen LogP contribution in [0.15, 0.2) is 23.9 Å². The molecule has 0 radical (unpaired) electrons. The van der Waals surface area contributed by atoms with E-state index in [4.69, 9.17) is 11.6 Å². The Kier molecular flexibility index (Phi) is 2.82. The van der Waals surface area contributed by atoms with Crippen LogP contribution >= 0.6 is 11.6 Å². The number of halogens is 1. The number of rotatable bonds is 2. The van der Waals surface area contributed by atoms with Crippen molar-refractivity contribution in [1.29, 1.82) is 0 Å². The van der Waals surface area contributed by atoms with Gasteiger partial charge in [0.1, 0.15) is 5.57 Å². The number of allylic oxidation sites excluding steroid dienone is 2. The molecule has 0 aromatic carbocycles. The van der Waals surface area contributed by atoms with E-state index in [9.17, 15) is 9.59 Å². The highest BCUT2D eigenvalue weighted by atomic mass is 35.5. The molecule has 0 N–H and O–H groups in total. The van der Waals surface area contributed by atoms with Crippen LogP contribution in [0.2, 0.25) is 5.02 Å². The molecule has 1 aromatic heterocycles. The van der Waals surface area contributed by atoms with Gasteiger partial charge in [-0.25, -0.2) is 4.79 Å². The first-order valence-corrected chi connectivity index (χ1v) is 6.86. The summed E-state index contributed by atoms with van der Waals surface area (Å²) in [5.41, 5.74) is 2.19. The maximum atomic E-state index is 12.3. The van der Waals surface area contributed by atoms with Crippen molar-refractivity contribution in [3.05, 3.63) is 40.2 Å². The number of pyridine rings is 1. The Morgan fingerprint density at radius 1 is 1.42 bits per heavy atom. The minimum Gasteiger partial charge on any atom is -0.294 e. The Bertz CT molecular complexity index is 629. The topological polar surface area (TPSA) is 38.0 Å². The Labute approximate surface area is 116 Å². The second-order valence-corrected chi connectivity index (χ2v) is 5.76. The monoisotopic (exact) mass is 276 g/mol. The van der Waals surface area contributed by atoms with E-state index in [1.807, 2.05) is 13.0 Å². The molecular weight excluding hydrogens is 262 g/mol. The lowest BCUT2D eigenvalue weighted by Gasteiger charge is -2.18. The van der Waals surface area contributed by atoms with Crippen molar-refractivity contribution in [2.75, 3.05) is 0 Å². The molecule has 1 saturated carbocycles. The fourth-order valence-electron chi connectivity index (χ4n) is 2.78. The van der Waals surface area contributed by atoms with Gasteiger partial charge < -0.3 is 0 Å². The van der Waals surface area contributed by atoms with Crippen molar-refractivity contribution in [3.8, 4) is 0 Å². The van der Waals surface area contributed by atoms with Crippen LogP contribution in [0.5, 0.6) is 0 Å².